The number of halogens is 4. The number of aliphatic hydroxyl groups is 1. The number of alkyl halides is 3. The Morgan fingerprint density at radius 2 is 1.79 bits per heavy atom. The second-order valence-corrected chi connectivity index (χ2v) is 6.17. The molecular weight excluding hydrogens is 328 g/mol. The van der Waals surface area contributed by atoms with E-state index in [9.17, 15) is 27.5 Å². The van der Waals surface area contributed by atoms with Gasteiger partial charge in [-0.3, -0.25) is 0 Å². The smallest absolute Gasteiger partial charge is 0.391 e. The third-order valence-corrected chi connectivity index (χ3v) is 4.26. The lowest BCUT2D eigenvalue weighted by molar-refractivity contribution is -0.139. The molecule has 0 radical (unpaired) electrons. The summed E-state index contributed by atoms with van der Waals surface area (Å²) < 4.78 is 51.3. The monoisotopic (exact) mass is 348 g/mol. The highest BCUT2D eigenvalue weighted by Gasteiger charge is 2.37. The van der Waals surface area contributed by atoms with E-state index in [1.807, 2.05) is 0 Å². The number of hydrogen-bond acceptors (Lipinski definition) is 2. The lowest BCUT2D eigenvalue weighted by Gasteiger charge is -2.30. The number of carbonyl (C=O) groups is 1. The van der Waals surface area contributed by atoms with Gasteiger partial charge in [0.05, 0.1) is 24.6 Å². The van der Waals surface area contributed by atoms with Gasteiger partial charge in [0.2, 0.25) is 0 Å². The fourth-order valence-electron chi connectivity index (χ4n) is 2.99. The number of nitrogens with one attached hydrogen (secondary N) is 2. The highest BCUT2D eigenvalue weighted by molar-refractivity contribution is 5.75. The molecule has 2 amide bonds. The van der Waals surface area contributed by atoms with Crippen molar-refractivity contribution in [2.75, 3.05) is 6.61 Å². The number of hydrogen-bond donors (Lipinski definition) is 3. The molecule has 24 heavy (non-hydrogen) atoms. The van der Waals surface area contributed by atoms with Gasteiger partial charge >= 0.3 is 12.2 Å². The summed E-state index contributed by atoms with van der Waals surface area (Å²) >= 11 is 0. The van der Waals surface area contributed by atoms with Gasteiger partial charge in [-0.1, -0.05) is 25.0 Å². The molecule has 1 aliphatic rings. The maximum Gasteiger partial charge on any atom is 0.391 e. The number of urea groups is 1. The van der Waals surface area contributed by atoms with E-state index in [-0.39, 0.29) is 12.2 Å². The topological polar surface area (TPSA) is 61.4 Å². The summed E-state index contributed by atoms with van der Waals surface area (Å²) in [6, 6.07) is 2.41. The highest BCUT2D eigenvalue weighted by Crippen LogP contribution is 2.31. The third kappa shape index (κ3) is 5.09. The molecule has 134 valence electrons. The van der Waals surface area contributed by atoms with E-state index in [0.29, 0.717) is 12.8 Å². The van der Waals surface area contributed by atoms with Gasteiger partial charge in [0, 0.05) is 0 Å². The van der Waals surface area contributed by atoms with Gasteiger partial charge in [-0.2, -0.15) is 13.2 Å². The molecule has 1 aliphatic carbocycles. The molecule has 0 aromatic heterocycles. The van der Waals surface area contributed by atoms with Gasteiger partial charge in [-0.15, -0.1) is 0 Å². The second-order valence-electron chi connectivity index (χ2n) is 6.17. The van der Waals surface area contributed by atoms with Crippen LogP contribution in [-0.4, -0.2) is 29.5 Å². The first-order valence-corrected chi connectivity index (χ1v) is 7.75. The lowest BCUT2D eigenvalue weighted by Crippen LogP contribution is -2.53. The summed E-state index contributed by atoms with van der Waals surface area (Å²) in [5, 5.41) is 14.4. The molecule has 3 N–H and O–H groups in total. The lowest BCUT2D eigenvalue weighted by atomic mass is 9.99. The van der Waals surface area contributed by atoms with Crippen molar-refractivity contribution in [1.82, 2.24) is 10.6 Å². The predicted octanol–water partition coefficient (Wildman–Crippen LogP) is 3.42. The minimum absolute atomic E-state index is 0.161. The SMILES string of the molecule is O=C(NC(CC(F)(F)F)c1ccc(F)cc1)NC1(CO)CCCC1. The van der Waals surface area contributed by atoms with Crippen LogP contribution in [0.2, 0.25) is 0 Å². The summed E-state index contributed by atoms with van der Waals surface area (Å²) in [7, 11) is 0. The molecule has 0 saturated heterocycles. The van der Waals surface area contributed by atoms with Crippen LogP contribution in [0.15, 0.2) is 24.3 Å². The van der Waals surface area contributed by atoms with E-state index in [1.54, 1.807) is 0 Å². The summed E-state index contributed by atoms with van der Waals surface area (Å²) in [5.74, 6) is -0.570. The summed E-state index contributed by atoms with van der Waals surface area (Å²) in [5.41, 5.74) is -0.622. The fraction of sp³-hybridized carbons (Fsp3) is 0.562. The van der Waals surface area contributed by atoms with E-state index >= 15 is 0 Å². The molecule has 0 bridgehead atoms. The Labute approximate surface area is 137 Å². The maximum absolute atomic E-state index is 13.0. The quantitative estimate of drug-likeness (QED) is 0.714. The predicted molar refractivity (Wildman–Crippen MR) is 79.8 cm³/mol. The maximum atomic E-state index is 13.0. The van der Waals surface area contributed by atoms with E-state index in [0.717, 1.165) is 25.0 Å². The molecule has 1 aromatic carbocycles. The Morgan fingerprint density at radius 1 is 1.21 bits per heavy atom. The van der Waals surface area contributed by atoms with E-state index in [1.165, 1.54) is 12.1 Å². The molecule has 0 spiro atoms. The molecule has 2 rings (SSSR count). The summed E-state index contributed by atoms with van der Waals surface area (Å²) in [6.07, 6.45) is -2.92. The number of carbonyl (C=O) groups excluding carboxylic acids is 1. The minimum Gasteiger partial charge on any atom is -0.394 e. The molecule has 0 aliphatic heterocycles. The van der Waals surface area contributed by atoms with Gasteiger partial charge < -0.3 is 15.7 Å². The molecule has 4 nitrogen and oxygen atoms in total. The van der Waals surface area contributed by atoms with Gasteiger partial charge in [0.1, 0.15) is 5.82 Å². The van der Waals surface area contributed by atoms with Gasteiger partial charge in [-0.05, 0) is 30.5 Å². The van der Waals surface area contributed by atoms with Gasteiger partial charge in [-0.25, -0.2) is 9.18 Å². The Balaban J connectivity index is 2.09. The van der Waals surface area contributed by atoms with Crippen LogP contribution < -0.4 is 10.6 Å². The van der Waals surface area contributed by atoms with E-state index < -0.39 is 36.0 Å². The fourth-order valence-corrected chi connectivity index (χ4v) is 2.99. The Kier molecular flexibility index (Phi) is 5.69. The van der Waals surface area contributed by atoms with Crippen LogP contribution in [0.3, 0.4) is 0 Å². The number of rotatable bonds is 5. The standard InChI is InChI=1S/C16H20F4N2O2/c17-12-5-3-11(4-6-12)13(9-16(18,19)20)21-14(24)22-15(10-23)7-1-2-8-15/h3-6,13,23H,1-2,7-10H2,(H2,21,22,24). The van der Waals surface area contributed by atoms with Crippen molar-refractivity contribution < 1.29 is 27.5 Å². The average Bonchev–Trinajstić information content (AvgIpc) is 2.95. The zero-order chi connectivity index (χ0) is 17.8. The molecule has 1 atom stereocenters. The van der Waals surface area contributed by atoms with Crippen LogP contribution in [-0.2, 0) is 0 Å². The molecule has 1 unspecified atom stereocenters. The first-order chi connectivity index (χ1) is 11.2. The second kappa shape index (κ2) is 7.38. The molecule has 8 heteroatoms. The minimum atomic E-state index is -4.49. The van der Waals surface area contributed by atoms with Crippen LogP contribution in [0.5, 0.6) is 0 Å². The van der Waals surface area contributed by atoms with Crippen LogP contribution in [0, 0.1) is 5.82 Å². The molecule has 1 saturated carbocycles. The van der Waals surface area contributed by atoms with Crippen LogP contribution in [0.1, 0.15) is 43.7 Å². The molecule has 0 heterocycles. The van der Waals surface area contributed by atoms with Crippen molar-refractivity contribution in [3.63, 3.8) is 0 Å². The molecule has 1 fully saturated rings. The summed E-state index contributed by atoms with van der Waals surface area (Å²) in [6.45, 7) is -0.263. The van der Waals surface area contributed by atoms with E-state index in [2.05, 4.69) is 10.6 Å². The first kappa shape index (κ1) is 18.5. The Morgan fingerprint density at radius 3 is 2.29 bits per heavy atom. The average molecular weight is 348 g/mol. The number of aliphatic hydroxyl groups excluding tert-OH is 1. The largest absolute Gasteiger partial charge is 0.394 e. The Hall–Kier alpha value is -1.83. The van der Waals surface area contributed by atoms with Crippen LogP contribution in [0.4, 0.5) is 22.4 Å². The van der Waals surface area contributed by atoms with E-state index in [4.69, 9.17) is 0 Å². The van der Waals surface area contributed by atoms with Crippen molar-refractivity contribution in [2.45, 2.75) is 49.9 Å². The van der Waals surface area contributed by atoms with Crippen molar-refractivity contribution in [3.05, 3.63) is 35.6 Å². The number of amides is 2. The van der Waals surface area contributed by atoms with Gasteiger partial charge in [0.25, 0.3) is 0 Å². The zero-order valence-electron chi connectivity index (χ0n) is 13.0. The number of benzene rings is 1. The van der Waals surface area contributed by atoms with Crippen molar-refractivity contribution in [1.29, 1.82) is 0 Å². The first-order valence-electron chi connectivity index (χ1n) is 7.75. The van der Waals surface area contributed by atoms with Crippen molar-refractivity contribution in [3.8, 4) is 0 Å². The molecular formula is C16H20F4N2O2. The molecule has 1 aromatic rings. The summed E-state index contributed by atoms with van der Waals surface area (Å²) in [4.78, 5) is 12.1. The van der Waals surface area contributed by atoms with Crippen molar-refractivity contribution in [2.24, 2.45) is 0 Å². The van der Waals surface area contributed by atoms with Crippen LogP contribution >= 0.6 is 0 Å². The highest BCUT2D eigenvalue weighted by atomic mass is 19.4. The normalized spacial score (nSPS) is 18.2. The Bertz CT molecular complexity index is 554. The van der Waals surface area contributed by atoms with Crippen molar-refractivity contribution >= 4 is 6.03 Å². The zero-order valence-corrected chi connectivity index (χ0v) is 13.0. The van der Waals surface area contributed by atoms with Gasteiger partial charge in [0.15, 0.2) is 0 Å². The van der Waals surface area contributed by atoms with Crippen LogP contribution in [0.25, 0.3) is 0 Å². The third-order valence-electron chi connectivity index (χ3n) is 4.26.